The van der Waals surface area contributed by atoms with E-state index in [4.69, 9.17) is 4.74 Å². The Balaban J connectivity index is 1.74. The zero-order valence-electron chi connectivity index (χ0n) is 15.6. The van der Waals surface area contributed by atoms with Crippen LogP contribution in [0.3, 0.4) is 0 Å². The topological polar surface area (TPSA) is 98.5 Å². The van der Waals surface area contributed by atoms with Crippen molar-refractivity contribution < 1.29 is 19.2 Å². The molecule has 1 unspecified atom stereocenters. The van der Waals surface area contributed by atoms with Crippen LogP contribution in [0.2, 0.25) is 0 Å². The lowest BCUT2D eigenvalue weighted by atomic mass is 10.0. The fraction of sp³-hybridized carbons (Fsp3) is 0.0909. The molecule has 3 rings (SSSR count). The quantitative estimate of drug-likeness (QED) is 0.381. The number of nitro benzene ring substituents is 1. The first-order valence-electron chi connectivity index (χ1n) is 8.87. The maximum absolute atomic E-state index is 12.6. The summed E-state index contributed by atoms with van der Waals surface area (Å²) in [7, 11) is 0. The summed E-state index contributed by atoms with van der Waals surface area (Å²) in [6.07, 6.45) is -1.15. The predicted octanol–water partition coefficient (Wildman–Crippen LogP) is 4.45. The molecule has 0 fully saturated rings. The molecule has 1 amide bonds. The van der Waals surface area contributed by atoms with Crippen molar-refractivity contribution in [1.29, 1.82) is 0 Å². The highest BCUT2D eigenvalue weighted by molar-refractivity contribution is 6.00. The van der Waals surface area contributed by atoms with Gasteiger partial charge in [-0.1, -0.05) is 60.7 Å². The SMILES string of the molecule is CC(OC(=O)c1ccccc1[N+](=O)[O-])C(=O)Nc1ccccc1-c1ccccc1. The third kappa shape index (κ3) is 4.65. The molecular formula is C22H18N2O5. The summed E-state index contributed by atoms with van der Waals surface area (Å²) < 4.78 is 5.15. The third-order valence-electron chi connectivity index (χ3n) is 4.24. The average molecular weight is 390 g/mol. The van der Waals surface area contributed by atoms with Gasteiger partial charge in [0.1, 0.15) is 5.56 Å². The molecule has 0 aliphatic carbocycles. The second kappa shape index (κ2) is 8.79. The lowest BCUT2D eigenvalue weighted by Crippen LogP contribution is -2.30. The van der Waals surface area contributed by atoms with E-state index in [0.29, 0.717) is 5.69 Å². The molecule has 0 aliphatic rings. The number of para-hydroxylation sites is 2. The molecule has 29 heavy (non-hydrogen) atoms. The number of carbonyl (C=O) groups excluding carboxylic acids is 2. The van der Waals surface area contributed by atoms with Gasteiger partial charge in [-0.25, -0.2) is 4.79 Å². The summed E-state index contributed by atoms with van der Waals surface area (Å²) in [6, 6.07) is 22.2. The largest absolute Gasteiger partial charge is 0.449 e. The average Bonchev–Trinajstić information content (AvgIpc) is 2.74. The first-order valence-corrected chi connectivity index (χ1v) is 8.87. The summed E-state index contributed by atoms with van der Waals surface area (Å²) in [4.78, 5) is 35.3. The molecule has 3 aromatic rings. The zero-order valence-corrected chi connectivity index (χ0v) is 15.6. The van der Waals surface area contributed by atoms with Gasteiger partial charge in [-0.15, -0.1) is 0 Å². The Morgan fingerprint density at radius 1 is 0.931 bits per heavy atom. The second-order valence-electron chi connectivity index (χ2n) is 6.22. The minimum absolute atomic E-state index is 0.207. The van der Waals surface area contributed by atoms with Gasteiger partial charge in [0.05, 0.1) is 4.92 Å². The van der Waals surface area contributed by atoms with Crippen LogP contribution in [0.5, 0.6) is 0 Å². The van der Waals surface area contributed by atoms with Crippen molar-refractivity contribution in [1.82, 2.24) is 0 Å². The van der Waals surface area contributed by atoms with E-state index < -0.39 is 22.9 Å². The minimum atomic E-state index is -1.15. The van der Waals surface area contributed by atoms with Gasteiger partial charge in [-0.05, 0) is 24.6 Å². The Labute approximate surface area is 167 Å². The van der Waals surface area contributed by atoms with E-state index >= 15 is 0 Å². The van der Waals surface area contributed by atoms with Gasteiger partial charge in [0.25, 0.3) is 11.6 Å². The summed E-state index contributed by atoms with van der Waals surface area (Å²) in [5.41, 5.74) is 1.73. The van der Waals surface area contributed by atoms with Crippen LogP contribution in [0.4, 0.5) is 11.4 Å². The van der Waals surface area contributed by atoms with Gasteiger partial charge in [-0.2, -0.15) is 0 Å². The van der Waals surface area contributed by atoms with Crippen molar-refractivity contribution in [2.45, 2.75) is 13.0 Å². The van der Waals surface area contributed by atoms with Gasteiger partial charge in [0.2, 0.25) is 0 Å². The first kappa shape index (κ1) is 19.8. The number of anilines is 1. The van der Waals surface area contributed by atoms with Crippen LogP contribution in [-0.4, -0.2) is 22.9 Å². The van der Waals surface area contributed by atoms with Crippen molar-refractivity contribution in [2.24, 2.45) is 0 Å². The van der Waals surface area contributed by atoms with E-state index in [1.165, 1.54) is 31.2 Å². The first-order chi connectivity index (χ1) is 14.0. The summed E-state index contributed by atoms with van der Waals surface area (Å²) >= 11 is 0. The molecule has 3 aromatic carbocycles. The van der Waals surface area contributed by atoms with Crippen LogP contribution < -0.4 is 5.32 Å². The summed E-state index contributed by atoms with van der Waals surface area (Å²) in [5, 5.41) is 13.8. The Morgan fingerprint density at radius 2 is 1.55 bits per heavy atom. The number of amides is 1. The molecule has 0 radical (unpaired) electrons. The Kier molecular flexibility index (Phi) is 5.99. The van der Waals surface area contributed by atoms with E-state index in [-0.39, 0.29) is 11.3 Å². The number of benzene rings is 3. The number of nitrogens with zero attached hydrogens (tertiary/aromatic N) is 1. The maximum Gasteiger partial charge on any atom is 0.345 e. The van der Waals surface area contributed by atoms with Crippen LogP contribution in [0, 0.1) is 10.1 Å². The molecule has 7 heteroatoms. The Hall–Kier alpha value is -4.00. The van der Waals surface area contributed by atoms with Crippen molar-refractivity contribution in [2.75, 3.05) is 5.32 Å². The standard InChI is InChI=1S/C22H18N2O5/c1-15(29-22(26)18-12-6-8-14-20(18)24(27)28)21(25)23-19-13-7-5-11-17(19)16-9-3-2-4-10-16/h2-15H,1H3,(H,23,25). The lowest BCUT2D eigenvalue weighted by molar-refractivity contribution is -0.385. The van der Waals surface area contributed by atoms with Crippen molar-refractivity contribution in [3.63, 3.8) is 0 Å². The van der Waals surface area contributed by atoms with E-state index in [2.05, 4.69) is 5.32 Å². The fourth-order valence-electron chi connectivity index (χ4n) is 2.78. The predicted molar refractivity (Wildman–Crippen MR) is 108 cm³/mol. The maximum atomic E-state index is 12.6. The molecule has 7 nitrogen and oxygen atoms in total. The number of nitro groups is 1. The Bertz CT molecular complexity index is 1050. The van der Waals surface area contributed by atoms with Crippen molar-refractivity contribution >= 4 is 23.3 Å². The van der Waals surface area contributed by atoms with Crippen LogP contribution in [-0.2, 0) is 9.53 Å². The molecule has 1 N–H and O–H groups in total. The van der Waals surface area contributed by atoms with E-state index in [1.54, 1.807) is 12.1 Å². The third-order valence-corrected chi connectivity index (χ3v) is 4.24. The minimum Gasteiger partial charge on any atom is -0.449 e. The highest BCUT2D eigenvalue weighted by Gasteiger charge is 2.25. The van der Waals surface area contributed by atoms with Crippen LogP contribution in [0.25, 0.3) is 11.1 Å². The number of rotatable bonds is 6. The molecule has 146 valence electrons. The van der Waals surface area contributed by atoms with Gasteiger partial charge in [-0.3, -0.25) is 14.9 Å². The van der Waals surface area contributed by atoms with Crippen LogP contribution in [0.1, 0.15) is 17.3 Å². The molecule has 0 saturated heterocycles. The van der Waals surface area contributed by atoms with E-state index in [1.807, 2.05) is 42.5 Å². The number of carbonyl (C=O) groups is 2. The highest BCUT2D eigenvalue weighted by atomic mass is 16.6. The molecular weight excluding hydrogens is 372 g/mol. The Morgan fingerprint density at radius 3 is 2.28 bits per heavy atom. The van der Waals surface area contributed by atoms with Crippen molar-refractivity contribution in [3.05, 3.63) is 94.5 Å². The number of nitrogens with one attached hydrogen (secondary N) is 1. The van der Waals surface area contributed by atoms with Gasteiger partial charge >= 0.3 is 5.97 Å². The van der Waals surface area contributed by atoms with Gasteiger partial charge < -0.3 is 10.1 Å². The molecule has 0 aromatic heterocycles. The van der Waals surface area contributed by atoms with E-state index in [9.17, 15) is 19.7 Å². The molecule has 0 heterocycles. The smallest absolute Gasteiger partial charge is 0.345 e. The zero-order chi connectivity index (χ0) is 20.8. The van der Waals surface area contributed by atoms with Gasteiger partial charge in [0.15, 0.2) is 6.10 Å². The molecule has 0 aliphatic heterocycles. The summed E-state index contributed by atoms with van der Waals surface area (Å²) in [5.74, 6) is -1.48. The lowest BCUT2D eigenvalue weighted by Gasteiger charge is -2.16. The number of esters is 1. The second-order valence-corrected chi connectivity index (χ2v) is 6.22. The molecule has 0 saturated carbocycles. The summed E-state index contributed by atoms with van der Waals surface area (Å²) in [6.45, 7) is 1.41. The molecule has 0 spiro atoms. The number of ether oxygens (including phenoxy) is 1. The highest BCUT2D eigenvalue weighted by Crippen LogP contribution is 2.28. The van der Waals surface area contributed by atoms with Crippen LogP contribution >= 0.6 is 0 Å². The van der Waals surface area contributed by atoms with Gasteiger partial charge in [0, 0.05) is 17.3 Å². The normalized spacial score (nSPS) is 11.3. The number of hydrogen-bond donors (Lipinski definition) is 1. The number of hydrogen-bond acceptors (Lipinski definition) is 5. The van der Waals surface area contributed by atoms with Crippen molar-refractivity contribution in [3.8, 4) is 11.1 Å². The monoisotopic (exact) mass is 390 g/mol. The molecule has 1 atom stereocenters. The van der Waals surface area contributed by atoms with E-state index in [0.717, 1.165) is 11.1 Å². The fourth-order valence-corrected chi connectivity index (χ4v) is 2.78. The van der Waals surface area contributed by atoms with Crippen LogP contribution in [0.15, 0.2) is 78.9 Å². The molecule has 0 bridgehead atoms.